The molecule has 0 fully saturated rings. The molecule has 31 heavy (non-hydrogen) atoms. The smallest absolute Gasteiger partial charge is 0.340 e. The van der Waals surface area contributed by atoms with E-state index in [1.807, 2.05) is 0 Å². The maximum Gasteiger partial charge on any atom is 0.417 e. The molecule has 0 aliphatic rings. The Labute approximate surface area is 180 Å². The van der Waals surface area contributed by atoms with E-state index in [2.05, 4.69) is 24.5 Å². The third kappa shape index (κ3) is 5.06. The maximum atomic E-state index is 12.9. The van der Waals surface area contributed by atoms with Crippen molar-refractivity contribution in [2.45, 2.75) is 18.0 Å². The molecule has 1 N–H and O–H groups in total. The van der Waals surface area contributed by atoms with Crippen molar-refractivity contribution >= 4 is 30.8 Å². The molecule has 1 aromatic carbocycles. The summed E-state index contributed by atoms with van der Waals surface area (Å²) in [5.41, 5.74) is 0.575. The molecule has 12 heteroatoms. The lowest BCUT2D eigenvalue weighted by molar-refractivity contribution is -0.137. The Bertz CT molecular complexity index is 1160. The summed E-state index contributed by atoms with van der Waals surface area (Å²) in [6.07, 6.45) is -0.224. The summed E-state index contributed by atoms with van der Waals surface area (Å²) in [5, 5.41) is 2.95. The van der Waals surface area contributed by atoms with Crippen molar-refractivity contribution in [3.05, 3.63) is 54.6 Å². The molecule has 2 heterocycles. The van der Waals surface area contributed by atoms with Crippen LogP contribution in [0.2, 0.25) is 0 Å². The highest BCUT2D eigenvalue weighted by molar-refractivity contribution is 7.89. The summed E-state index contributed by atoms with van der Waals surface area (Å²) in [4.78, 5) is 8.19. The molecule has 7 nitrogen and oxygen atoms in total. The summed E-state index contributed by atoms with van der Waals surface area (Å²) >= 11 is 0. The van der Waals surface area contributed by atoms with Crippen molar-refractivity contribution in [2.75, 3.05) is 18.1 Å². The summed E-state index contributed by atoms with van der Waals surface area (Å²) in [6.45, 7) is 2.05. The molecule has 0 aliphatic carbocycles. The Kier molecular flexibility index (Phi) is 6.68. The van der Waals surface area contributed by atoms with Gasteiger partial charge in [-0.15, -0.1) is 9.24 Å². The summed E-state index contributed by atoms with van der Waals surface area (Å²) in [5.74, 6) is 0.181. The molecule has 2 aromatic heterocycles. The van der Waals surface area contributed by atoms with Crippen LogP contribution in [0.25, 0.3) is 11.3 Å². The molecule has 166 valence electrons. The van der Waals surface area contributed by atoms with Crippen LogP contribution in [0, 0.1) is 0 Å². The number of nitrogens with zero attached hydrogens (tertiary/aromatic N) is 4. The molecule has 0 aliphatic heterocycles. The van der Waals surface area contributed by atoms with Gasteiger partial charge in [-0.1, -0.05) is 6.92 Å². The molecule has 3 aromatic rings. The van der Waals surface area contributed by atoms with Crippen LogP contribution in [-0.4, -0.2) is 40.1 Å². The average molecular weight is 471 g/mol. The highest BCUT2D eigenvalue weighted by Crippen LogP contribution is 2.33. The van der Waals surface area contributed by atoms with Gasteiger partial charge in [0.1, 0.15) is 5.82 Å². The first-order valence-corrected chi connectivity index (χ1v) is 11.4. The van der Waals surface area contributed by atoms with E-state index in [-0.39, 0.29) is 17.0 Å². The molecule has 0 bridgehead atoms. The summed E-state index contributed by atoms with van der Waals surface area (Å²) in [6, 6.07) is 6.62. The van der Waals surface area contributed by atoms with Crippen LogP contribution in [0.15, 0.2) is 53.9 Å². The van der Waals surface area contributed by atoms with E-state index in [4.69, 9.17) is 0 Å². The molecule has 1 atom stereocenters. The Morgan fingerprint density at radius 3 is 2.45 bits per heavy atom. The van der Waals surface area contributed by atoms with Crippen LogP contribution < -0.4 is 5.32 Å². The monoisotopic (exact) mass is 471 g/mol. The van der Waals surface area contributed by atoms with E-state index < -0.39 is 21.8 Å². The molecule has 1 unspecified atom stereocenters. The fourth-order valence-electron chi connectivity index (χ4n) is 2.88. The van der Waals surface area contributed by atoms with Gasteiger partial charge in [-0.2, -0.15) is 17.5 Å². The Morgan fingerprint density at radius 2 is 1.94 bits per heavy atom. The van der Waals surface area contributed by atoms with Gasteiger partial charge in [0.2, 0.25) is 10.0 Å². The third-order valence-electron chi connectivity index (χ3n) is 4.52. The van der Waals surface area contributed by atoms with Gasteiger partial charge in [-0.3, -0.25) is 0 Å². The van der Waals surface area contributed by atoms with E-state index in [9.17, 15) is 21.6 Å². The standard InChI is InChI=1S/C19H21F3N5O2PS/c1-3-27(12-30)31(28,29)14-5-6-16(15(8-14)17-10-26(2)11-24-17)25-18-7-4-13(9-23-18)19(20,21)22/h4-11H,3,12,30H2,1-2H3,(H,23,25). The minimum atomic E-state index is -4.48. The van der Waals surface area contributed by atoms with Crippen LogP contribution >= 0.6 is 9.24 Å². The zero-order valence-electron chi connectivity index (χ0n) is 16.8. The number of benzene rings is 1. The normalized spacial score (nSPS) is 12.4. The van der Waals surface area contributed by atoms with Crippen molar-refractivity contribution in [3.63, 3.8) is 0 Å². The minimum Gasteiger partial charge on any atom is -0.340 e. The number of rotatable bonds is 7. The second-order valence-corrected chi connectivity index (χ2v) is 8.95. The van der Waals surface area contributed by atoms with E-state index in [0.29, 0.717) is 23.5 Å². The van der Waals surface area contributed by atoms with Crippen LogP contribution in [0.1, 0.15) is 12.5 Å². The van der Waals surface area contributed by atoms with E-state index >= 15 is 0 Å². The third-order valence-corrected chi connectivity index (χ3v) is 7.16. The fraction of sp³-hybridized carbons (Fsp3) is 0.263. The molecule has 0 saturated heterocycles. The van der Waals surface area contributed by atoms with Crippen LogP contribution in [0.5, 0.6) is 0 Å². The fourth-order valence-corrected chi connectivity index (χ4v) is 5.06. The first kappa shape index (κ1) is 23.2. The van der Waals surface area contributed by atoms with Crippen molar-refractivity contribution < 1.29 is 21.6 Å². The number of imidazole rings is 1. The molecule has 0 radical (unpaired) electrons. The second kappa shape index (κ2) is 8.94. The number of hydrogen-bond acceptors (Lipinski definition) is 5. The van der Waals surface area contributed by atoms with Gasteiger partial charge in [0.25, 0.3) is 0 Å². The SMILES string of the molecule is CCN(CP)S(=O)(=O)c1ccc(Nc2ccc(C(F)(F)F)cn2)c(-c2cn(C)cn2)c1. The van der Waals surface area contributed by atoms with Gasteiger partial charge in [-0.05, 0) is 30.3 Å². The first-order valence-electron chi connectivity index (χ1n) is 9.19. The van der Waals surface area contributed by atoms with Gasteiger partial charge < -0.3 is 9.88 Å². The van der Waals surface area contributed by atoms with Gasteiger partial charge >= 0.3 is 6.18 Å². The number of aryl methyl sites for hydroxylation is 1. The van der Waals surface area contributed by atoms with Gasteiger partial charge in [-0.25, -0.2) is 18.4 Å². The molecular weight excluding hydrogens is 450 g/mol. The van der Waals surface area contributed by atoms with Crippen molar-refractivity contribution in [2.24, 2.45) is 7.05 Å². The van der Waals surface area contributed by atoms with Gasteiger partial charge in [0.15, 0.2) is 0 Å². The highest BCUT2D eigenvalue weighted by Gasteiger charge is 2.30. The number of hydrogen-bond donors (Lipinski definition) is 1. The molecule has 0 spiro atoms. The first-order chi connectivity index (χ1) is 14.6. The van der Waals surface area contributed by atoms with Crippen molar-refractivity contribution in [3.8, 4) is 11.3 Å². The predicted octanol–water partition coefficient (Wildman–Crippen LogP) is 4.09. The Balaban J connectivity index is 2.04. The predicted molar refractivity (Wildman–Crippen MR) is 115 cm³/mol. The average Bonchev–Trinajstić information content (AvgIpc) is 3.15. The van der Waals surface area contributed by atoms with Crippen molar-refractivity contribution in [1.29, 1.82) is 0 Å². The lowest BCUT2D eigenvalue weighted by Crippen LogP contribution is -2.29. The minimum absolute atomic E-state index is 0.0865. The Hall–Kier alpha value is -2.49. The van der Waals surface area contributed by atoms with Crippen molar-refractivity contribution in [1.82, 2.24) is 18.8 Å². The summed E-state index contributed by atoms with van der Waals surface area (Å²) in [7, 11) is 0.437. The van der Waals surface area contributed by atoms with E-state index in [0.717, 1.165) is 12.3 Å². The molecule has 0 amide bonds. The molecule has 3 rings (SSSR count). The lowest BCUT2D eigenvalue weighted by Gasteiger charge is -2.19. The van der Waals surface area contributed by atoms with Crippen LogP contribution in [0.3, 0.4) is 0 Å². The molecular formula is C19H21F3N5O2PS. The second-order valence-electron chi connectivity index (χ2n) is 6.64. The number of nitrogens with one attached hydrogen (secondary N) is 1. The van der Waals surface area contributed by atoms with Gasteiger partial charge in [0.05, 0.1) is 22.5 Å². The zero-order chi connectivity index (χ0) is 22.8. The van der Waals surface area contributed by atoms with E-state index in [1.165, 1.54) is 22.5 Å². The number of pyridine rings is 1. The van der Waals surface area contributed by atoms with Crippen LogP contribution in [-0.2, 0) is 23.2 Å². The Morgan fingerprint density at radius 1 is 1.19 bits per heavy atom. The molecule has 0 saturated carbocycles. The highest BCUT2D eigenvalue weighted by atomic mass is 32.2. The number of anilines is 2. The number of sulfonamides is 1. The maximum absolute atomic E-state index is 12.9. The van der Waals surface area contributed by atoms with E-state index in [1.54, 1.807) is 37.1 Å². The number of aromatic nitrogens is 3. The topological polar surface area (TPSA) is 80.1 Å². The van der Waals surface area contributed by atoms with Gasteiger partial charge in [0, 0.05) is 43.5 Å². The number of halogens is 3. The quantitative estimate of drug-likeness (QED) is 0.525. The largest absolute Gasteiger partial charge is 0.417 e. The summed E-state index contributed by atoms with van der Waals surface area (Å²) < 4.78 is 67.2. The zero-order valence-corrected chi connectivity index (χ0v) is 18.7. The number of alkyl halides is 3. The lowest BCUT2D eigenvalue weighted by atomic mass is 10.1. The van der Waals surface area contributed by atoms with Crippen LogP contribution in [0.4, 0.5) is 24.7 Å².